The van der Waals surface area contributed by atoms with E-state index in [0.717, 1.165) is 30.7 Å². The summed E-state index contributed by atoms with van der Waals surface area (Å²) >= 11 is 0. The standard InChI is InChI=1S/C24H23F3N6O/c25-24(26,27)17-7-4-6-16(12-17)13-28-21-20-22(33(15-29-20)18-8-2-1-3-9-18)31-23(30-21)32-11-5-10-19(32)14-34/h1-4,6-9,12,15,19,34H,5,10-11,13-14H2,(H,28,30,31). The second-order valence-corrected chi connectivity index (χ2v) is 8.22. The van der Waals surface area contributed by atoms with Gasteiger partial charge in [0.05, 0.1) is 18.2 Å². The summed E-state index contributed by atoms with van der Waals surface area (Å²) in [6, 6.07) is 14.7. The summed E-state index contributed by atoms with van der Waals surface area (Å²) in [4.78, 5) is 15.9. The minimum absolute atomic E-state index is 0.00760. The Bertz CT molecular complexity index is 1290. The summed E-state index contributed by atoms with van der Waals surface area (Å²) in [5.74, 6) is 0.879. The number of nitrogens with one attached hydrogen (secondary N) is 1. The quantitative estimate of drug-likeness (QED) is 0.437. The van der Waals surface area contributed by atoms with E-state index in [1.807, 2.05) is 39.8 Å². The summed E-state index contributed by atoms with van der Waals surface area (Å²) in [5.41, 5.74) is 1.74. The van der Waals surface area contributed by atoms with Crippen LogP contribution in [0.4, 0.5) is 24.9 Å². The Kier molecular flexibility index (Phi) is 5.82. The number of hydrogen-bond acceptors (Lipinski definition) is 6. The first kappa shape index (κ1) is 22.1. The first-order valence-corrected chi connectivity index (χ1v) is 11.0. The van der Waals surface area contributed by atoms with Gasteiger partial charge in [0, 0.05) is 18.8 Å². The van der Waals surface area contributed by atoms with E-state index in [4.69, 9.17) is 4.98 Å². The highest BCUT2D eigenvalue weighted by Crippen LogP contribution is 2.31. The van der Waals surface area contributed by atoms with Crippen LogP contribution in [0.1, 0.15) is 24.0 Å². The molecule has 4 aromatic rings. The molecule has 2 N–H and O–H groups in total. The third-order valence-corrected chi connectivity index (χ3v) is 5.98. The second-order valence-electron chi connectivity index (χ2n) is 8.22. The zero-order valence-electron chi connectivity index (χ0n) is 18.2. The summed E-state index contributed by atoms with van der Waals surface area (Å²) in [6.45, 7) is 0.840. The molecule has 0 spiro atoms. The van der Waals surface area contributed by atoms with Crippen LogP contribution >= 0.6 is 0 Å². The number of aliphatic hydroxyl groups excluding tert-OH is 1. The maximum atomic E-state index is 13.1. The number of alkyl halides is 3. The Morgan fingerprint density at radius 3 is 2.65 bits per heavy atom. The zero-order chi connectivity index (χ0) is 23.7. The van der Waals surface area contributed by atoms with Crippen molar-refractivity contribution >= 4 is 22.9 Å². The fourth-order valence-electron chi connectivity index (χ4n) is 4.25. The molecule has 1 fully saturated rings. The van der Waals surface area contributed by atoms with E-state index in [1.165, 1.54) is 6.07 Å². The third-order valence-electron chi connectivity index (χ3n) is 5.98. The van der Waals surface area contributed by atoms with Crippen LogP contribution in [0, 0.1) is 0 Å². The molecular weight excluding hydrogens is 445 g/mol. The van der Waals surface area contributed by atoms with E-state index in [1.54, 1.807) is 12.4 Å². The summed E-state index contributed by atoms with van der Waals surface area (Å²) in [7, 11) is 0. The Labute approximate surface area is 193 Å². The molecule has 3 heterocycles. The topological polar surface area (TPSA) is 79.1 Å². The van der Waals surface area contributed by atoms with Gasteiger partial charge in [-0.05, 0) is 42.7 Å². The van der Waals surface area contributed by atoms with Gasteiger partial charge in [0.15, 0.2) is 17.0 Å². The molecule has 0 aliphatic carbocycles. The number of rotatable bonds is 6. The lowest BCUT2D eigenvalue weighted by atomic mass is 10.1. The highest BCUT2D eigenvalue weighted by molar-refractivity contribution is 5.85. The fraction of sp³-hybridized carbons (Fsp3) is 0.292. The molecule has 34 heavy (non-hydrogen) atoms. The third kappa shape index (κ3) is 4.28. The number of nitrogens with zero attached hydrogens (tertiary/aromatic N) is 5. The van der Waals surface area contributed by atoms with Gasteiger partial charge in [0.25, 0.3) is 0 Å². The van der Waals surface area contributed by atoms with Gasteiger partial charge >= 0.3 is 6.18 Å². The number of halogens is 3. The van der Waals surface area contributed by atoms with E-state index in [-0.39, 0.29) is 19.2 Å². The molecule has 0 saturated carbocycles. The monoisotopic (exact) mass is 468 g/mol. The summed E-state index contributed by atoms with van der Waals surface area (Å²) in [6.07, 6.45) is -1.00. The lowest BCUT2D eigenvalue weighted by molar-refractivity contribution is -0.137. The van der Waals surface area contributed by atoms with E-state index in [2.05, 4.69) is 15.3 Å². The number of imidazole rings is 1. The maximum Gasteiger partial charge on any atom is 0.416 e. The van der Waals surface area contributed by atoms with Crippen molar-refractivity contribution in [2.75, 3.05) is 23.4 Å². The van der Waals surface area contributed by atoms with Gasteiger partial charge in [-0.15, -0.1) is 0 Å². The molecule has 7 nitrogen and oxygen atoms in total. The molecule has 2 aromatic carbocycles. The van der Waals surface area contributed by atoms with Gasteiger partial charge in [-0.2, -0.15) is 23.1 Å². The number of fused-ring (bicyclic) bond motifs is 1. The van der Waals surface area contributed by atoms with Crippen molar-refractivity contribution in [2.45, 2.75) is 31.6 Å². The molecule has 1 aliphatic rings. The molecule has 0 bridgehead atoms. The van der Waals surface area contributed by atoms with Gasteiger partial charge in [0.1, 0.15) is 6.33 Å². The predicted molar refractivity (Wildman–Crippen MR) is 123 cm³/mol. The Morgan fingerprint density at radius 2 is 1.88 bits per heavy atom. The van der Waals surface area contributed by atoms with Crippen LogP contribution in [0.3, 0.4) is 0 Å². The van der Waals surface area contributed by atoms with Crippen LogP contribution in [0.5, 0.6) is 0 Å². The molecule has 2 aromatic heterocycles. The van der Waals surface area contributed by atoms with Crippen LogP contribution in [0.25, 0.3) is 16.9 Å². The number of hydrogen-bond donors (Lipinski definition) is 2. The van der Waals surface area contributed by atoms with Crippen LogP contribution in [-0.2, 0) is 12.7 Å². The number of para-hydroxylation sites is 1. The molecule has 1 unspecified atom stereocenters. The average Bonchev–Trinajstić information content (AvgIpc) is 3.50. The number of anilines is 2. The predicted octanol–water partition coefficient (Wildman–Crippen LogP) is 4.41. The molecule has 0 amide bonds. The van der Waals surface area contributed by atoms with E-state index >= 15 is 0 Å². The molecule has 10 heteroatoms. The Hall–Kier alpha value is -3.66. The molecule has 0 radical (unpaired) electrons. The Morgan fingerprint density at radius 1 is 1.06 bits per heavy atom. The molecule has 5 rings (SSSR count). The first-order valence-electron chi connectivity index (χ1n) is 11.0. The van der Waals surface area contributed by atoms with Gasteiger partial charge in [-0.1, -0.05) is 30.3 Å². The van der Waals surface area contributed by atoms with Crippen molar-refractivity contribution in [2.24, 2.45) is 0 Å². The van der Waals surface area contributed by atoms with Crippen molar-refractivity contribution in [3.05, 3.63) is 72.1 Å². The van der Waals surface area contributed by atoms with Crippen LogP contribution in [0.15, 0.2) is 60.9 Å². The molecular formula is C24H23F3N6O. The Balaban J connectivity index is 1.54. The van der Waals surface area contributed by atoms with Crippen molar-refractivity contribution < 1.29 is 18.3 Å². The number of aliphatic hydroxyl groups is 1. The van der Waals surface area contributed by atoms with Gasteiger partial charge in [0.2, 0.25) is 5.95 Å². The minimum atomic E-state index is -4.41. The normalized spacial score (nSPS) is 16.4. The van der Waals surface area contributed by atoms with E-state index in [0.29, 0.717) is 35.0 Å². The van der Waals surface area contributed by atoms with Gasteiger partial charge in [-0.3, -0.25) is 4.57 Å². The number of aromatic nitrogens is 4. The van der Waals surface area contributed by atoms with Gasteiger partial charge in [-0.25, -0.2) is 4.98 Å². The van der Waals surface area contributed by atoms with Gasteiger partial charge < -0.3 is 15.3 Å². The first-order chi connectivity index (χ1) is 16.4. The minimum Gasteiger partial charge on any atom is -0.394 e. The summed E-state index contributed by atoms with van der Waals surface area (Å²) in [5, 5.41) is 13.0. The van der Waals surface area contributed by atoms with Crippen molar-refractivity contribution in [3.8, 4) is 5.69 Å². The summed E-state index contributed by atoms with van der Waals surface area (Å²) < 4.78 is 41.2. The average molecular weight is 468 g/mol. The highest BCUT2D eigenvalue weighted by Gasteiger charge is 2.30. The van der Waals surface area contributed by atoms with E-state index < -0.39 is 11.7 Å². The molecule has 1 saturated heterocycles. The van der Waals surface area contributed by atoms with E-state index in [9.17, 15) is 18.3 Å². The van der Waals surface area contributed by atoms with Crippen LogP contribution in [0.2, 0.25) is 0 Å². The largest absolute Gasteiger partial charge is 0.416 e. The SMILES string of the molecule is OCC1CCCN1c1nc(NCc2cccc(C(F)(F)F)c2)c2ncn(-c3ccccc3)c2n1. The molecule has 176 valence electrons. The van der Waals surface area contributed by atoms with Crippen molar-refractivity contribution in [1.29, 1.82) is 0 Å². The smallest absolute Gasteiger partial charge is 0.394 e. The van der Waals surface area contributed by atoms with Crippen LogP contribution in [-0.4, -0.2) is 43.8 Å². The number of benzene rings is 2. The zero-order valence-corrected chi connectivity index (χ0v) is 18.2. The lowest BCUT2D eigenvalue weighted by Crippen LogP contribution is -2.33. The molecule has 1 atom stereocenters. The highest BCUT2D eigenvalue weighted by atomic mass is 19.4. The molecule has 1 aliphatic heterocycles. The lowest BCUT2D eigenvalue weighted by Gasteiger charge is -2.23. The van der Waals surface area contributed by atoms with Crippen molar-refractivity contribution in [3.63, 3.8) is 0 Å². The second kappa shape index (κ2) is 8.94. The van der Waals surface area contributed by atoms with Crippen LogP contribution < -0.4 is 10.2 Å². The fourth-order valence-corrected chi connectivity index (χ4v) is 4.25. The maximum absolute atomic E-state index is 13.1. The van der Waals surface area contributed by atoms with Crippen molar-refractivity contribution in [1.82, 2.24) is 19.5 Å².